The van der Waals surface area contributed by atoms with E-state index in [4.69, 9.17) is 5.73 Å². The SMILES string of the molecule is C/C=C/C(NC(=O)[C@@H]1CC[C@@H]2CC[C@H](NC(=O)CN)C(=O)N21)c1ccccc1. The number of piperidine rings is 1. The van der Waals surface area contributed by atoms with E-state index in [9.17, 15) is 14.4 Å². The maximum absolute atomic E-state index is 13.0. The summed E-state index contributed by atoms with van der Waals surface area (Å²) in [7, 11) is 0. The fourth-order valence-electron chi connectivity index (χ4n) is 4.15. The molecule has 2 saturated heterocycles. The summed E-state index contributed by atoms with van der Waals surface area (Å²) >= 11 is 0. The number of carbonyl (C=O) groups is 3. The van der Waals surface area contributed by atoms with Gasteiger partial charge in [-0.1, -0.05) is 42.5 Å². The highest BCUT2D eigenvalue weighted by atomic mass is 16.2. The molecule has 28 heavy (non-hydrogen) atoms. The average Bonchev–Trinajstić information content (AvgIpc) is 3.15. The molecule has 1 aromatic carbocycles. The summed E-state index contributed by atoms with van der Waals surface area (Å²) in [4.78, 5) is 39.3. The zero-order valence-corrected chi connectivity index (χ0v) is 16.1. The molecule has 0 radical (unpaired) electrons. The third kappa shape index (κ3) is 4.25. The lowest BCUT2D eigenvalue weighted by Crippen LogP contribution is -2.59. The van der Waals surface area contributed by atoms with E-state index >= 15 is 0 Å². The zero-order valence-electron chi connectivity index (χ0n) is 16.1. The van der Waals surface area contributed by atoms with Crippen LogP contribution in [0.2, 0.25) is 0 Å². The Kier molecular flexibility index (Phi) is 6.46. The molecule has 0 saturated carbocycles. The Morgan fingerprint density at radius 3 is 2.61 bits per heavy atom. The van der Waals surface area contributed by atoms with Gasteiger partial charge < -0.3 is 21.3 Å². The highest BCUT2D eigenvalue weighted by molar-refractivity contribution is 5.93. The number of rotatable bonds is 6. The van der Waals surface area contributed by atoms with Crippen LogP contribution < -0.4 is 16.4 Å². The Morgan fingerprint density at radius 2 is 1.93 bits per heavy atom. The number of allylic oxidation sites excluding steroid dienone is 1. The van der Waals surface area contributed by atoms with Crippen LogP contribution in [0, 0.1) is 0 Å². The molecule has 7 nitrogen and oxygen atoms in total. The van der Waals surface area contributed by atoms with Gasteiger partial charge in [0.05, 0.1) is 12.6 Å². The Morgan fingerprint density at radius 1 is 1.21 bits per heavy atom. The first kappa shape index (κ1) is 20.1. The van der Waals surface area contributed by atoms with Crippen LogP contribution in [0.4, 0.5) is 0 Å². The van der Waals surface area contributed by atoms with Crippen molar-refractivity contribution in [2.24, 2.45) is 5.73 Å². The number of hydrogen-bond donors (Lipinski definition) is 3. The number of hydrogen-bond acceptors (Lipinski definition) is 4. The number of nitrogens with zero attached hydrogens (tertiary/aromatic N) is 1. The van der Waals surface area contributed by atoms with Crippen molar-refractivity contribution >= 4 is 17.7 Å². The fourth-order valence-corrected chi connectivity index (χ4v) is 4.15. The second kappa shape index (κ2) is 9.01. The van der Waals surface area contributed by atoms with Gasteiger partial charge in [0.25, 0.3) is 0 Å². The van der Waals surface area contributed by atoms with Crippen LogP contribution in [-0.4, -0.2) is 47.3 Å². The third-order valence-electron chi connectivity index (χ3n) is 5.51. The second-order valence-corrected chi connectivity index (χ2v) is 7.32. The first-order valence-corrected chi connectivity index (χ1v) is 9.85. The van der Waals surface area contributed by atoms with Crippen molar-refractivity contribution < 1.29 is 14.4 Å². The Balaban J connectivity index is 1.72. The quantitative estimate of drug-likeness (QED) is 0.637. The highest BCUT2D eigenvalue weighted by Gasteiger charge is 2.46. The summed E-state index contributed by atoms with van der Waals surface area (Å²) in [5.41, 5.74) is 6.34. The molecule has 0 aromatic heterocycles. The van der Waals surface area contributed by atoms with Crippen molar-refractivity contribution in [3.05, 3.63) is 48.0 Å². The molecule has 2 fully saturated rings. The van der Waals surface area contributed by atoms with Crippen LogP contribution >= 0.6 is 0 Å². The van der Waals surface area contributed by atoms with Gasteiger partial charge in [0.15, 0.2) is 0 Å². The number of nitrogens with one attached hydrogen (secondary N) is 2. The zero-order chi connectivity index (χ0) is 20.1. The monoisotopic (exact) mass is 384 g/mol. The molecular formula is C21H28N4O3. The van der Waals surface area contributed by atoms with Crippen LogP contribution in [0.15, 0.2) is 42.5 Å². The second-order valence-electron chi connectivity index (χ2n) is 7.32. The number of fused-ring (bicyclic) bond motifs is 1. The molecule has 4 atom stereocenters. The minimum Gasteiger partial charge on any atom is -0.344 e. The Labute approximate surface area is 165 Å². The Bertz CT molecular complexity index is 749. The van der Waals surface area contributed by atoms with Crippen LogP contribution in [0.25, 0.3) is 0 Å². The van der Waals surface area contributed by atoms with Gasteiger partial charge in [0.2, 0.25) is 17.7 Å². The molecule has 3 amide bonds. The van der Waals surface area contributed by atoms with E-state index in [1.807, 2.05) is 49.4 Å². The first-order chi connectivity index (χ1) is 13.5. The van der Waals surface area contributed by atoms with Crippen LogP contribution in [0.3, 0.4) is 0 Å². The number of carbonyl (C=O) groups excluding carboxylic acids is 3. The largest absolute Gasteiger partial charge is 0.344 e. The van der Waals surface area contributed by atoms with Crippen molar-refractivity contribution in [1.82, 2.24) is 15.5 Å². The average molecular weight is 384 g/mol. The summed E-state index contributed by atoms with van der Waals surface area (Å²) in [6.07, 6.45) is 6.65. The lowest BCUT2D eigenvalue weighted by atomic mass is 9.98. The molecule has 7 heteroatoms. The predicted octanol–water partition coefficient (Wildman–Crippen LogP) is 1.02. The molecule has 3 rings (SSSR count). The molecule has 150 valence electrons. The van der Waals surface area contributed by atoms with E-state index in [0.717, 1.165) is 18.4 Å². The van der Waals surface area contributed by atoms with Crippen LogP contribution in [0.1, 0.15) is 44.2 Å². The van der Waals surface area contributed by atoms with Crippen molar-refractivity contribution in [2.75, 3.05) is 6.54 Å². The molecule has 1 unspecified atom stereocenters. The van der Waals surface area contributed by atoms with Gasteiger partial charge in [-0.2, -0.15) is 0 Å². The molecule has 2 heterocycles. The molecule has 4 N–H and O–H groups in total. The van der Waals surface area contributed by atoms with Crippen LogP contribution in [-0.2, 0) is 14.4 Å². The summed E-state index contributed by atoms with van der Waals surface area (Å²) in [5, 5.41) is 5.75. The van der Waals surface area contributed by atoms with Gasteiger partial charge in [-0.3, -0.25) is 14.4 Å². The third-order valence-corrected chi connectivity index (χ3v) is 5.51. The summed E-state index contributed by atoms with van der Waals surface area (Å²) in [6.45, 7) is 1.76. The molecule has 0 spiro atoms. The van der Waals surface area contributed by atoms with Gasteiger partial charge in [-0.15, -0.1) is 0 Å². The topological polar surface area (TPSA) is 105 Å². The van der Waals surface area contributed by atoms with Crippen molar-refractivity contribution in [3.63, 3.8) is 0 Å². The van der Waals surface area contributed by atoms with Gasteiger partial charge in [-0.25, -0.2) is 0 Å². The maximum atomic E-state index is 13.0. The minimum absolute atomic E-state index is 0.0613. The molecule has 2 aliphatic rings. The minimum atomic E-state index is -0.596. The van der Waals surface area contributed by atoms with Gasteiger partial charge in [0.1, 0.15) is 12.1 Å². The fraction of sp³-hybridized carbons (Fsp3) is 0.476. The number of nitrogens with two attached hydrogens (primary N) is 1. The molecule has 2 aliphatic heterocycles. The number of amides is 3. The smallest absolute Gasteiger partial charge is 0.246 e. The number of benzene rings is 1. The van der Waals surface area contributed by atoms with E-state index in [0.29, 0.717) is 12.8 Å². The predicted molar refractivity (Wildman–Crippen MR) is 106 cm³/mol. The lowest BCUT2D eigenvalue weighted by Gasteiger charge is -2.38. The van der Waals surface area contributed by atoms with Crippen molar-refractivity contribution in [2.45, 2.75) is 56.8 Å². The van der Waals surface area contributed by atoms with Crippen LogP contribution in [0.5, 0.6) is 0 Å². The Hall–Kier alpha value is -2.67. The lowest BCUT2D eigenvalue weighted by molar-refractivity contribution is -0.146. The summed E-state index contributed by atoms with van der Waals surface area (Å²) < 4.78 is 0. The van der Waals surface area contributed by atoms with Crippen molar-refractivity contribution in [3.8, 4) is 0 Å². The first-order valence-electron chi connectivity index (χ1n) is 9.85. The van der Waals surface area contributed by atoms with E-state index in [1.54, 1.807) is 4.90 Å². The maximum Gasteiger partial charge on any atom is 0.246 e. The highest BCUT2D eigenvalue weighted by Crippen LogP contribution is 2.33. The van der Waals surface area contributed by atoms with Gasteiger partial charge >= 0.3 is 0 Å². The van der Waals surface area contributed by atoms with E-state index in [1.165, 1.54) is 0 Å². The molecule has 0 aliphatic carbocycles. The van der Waals surface area contributed by atoms with Gasteiger partial charge in [-0.05, 0) is 38.2 Å². The summed E-state index contributed by atoms with van der Waals surface area (Å²) in [6, 6.07) is 8.44. The summed E-state index contributed by atoms with van der Waals surface area (Å²) in [5.74, 6) is -0.694. The van der Waals surface area contributed by atoms with Gasteiger partial charge in [0, 0.05) is 6.04 Å². The van der Waals surface area contributed by atoms with Crippen molar-refractivity contribution in [1.29, 1.82) is 0 Å². The molecule has 1 aromatic rings. The normalized spacial score (nSPS) is 25.4. The standard InChI is InChI=1S/C21H28N4O3/c1-2-6-16(14-7-4-3-5-8-14)24-20(27)18-12-10-15-9-11-17(21(28)25(15)18)23-19(26)13-22/h2-8,15-18H,9-13,22H2,1H3,(H,23,26)(H,24,27)/b6-2+/t15-,16?,17-,18-/m0/s1. The van der Waals surface area contributed by atoms with E-state index in [-0.39, 0.29) is 36.3 Å². The molecule has 0 bridgehead atoms. The van der Waals surface area contributed by atoms with E-state index in [2.05, 4.69) is 10.6 Å². The van der Waals surface area contributed by atoms with E-state index < -0.39 is 12.1 Å². The molecular weight excluding hydrogens is 356 g/mol.